The summed E-state index contributed by atoms with van der Waals surface area (Å²) in [6.07, 6.45) is 2.57. The molecule has 14 heavy (non-hydrogen) atoms. The highest BCUT2D eigenvalue weighted by molar-refractivity contribution is 7.98. The van der Waals surface area contributed by atoms with Crippen molar-refractivity contribution in [1.82, 2.24) is 0 Å². The number of thioether (sulfide) groups is 1. The van der Waals surface area contributed by atoms with E-state index in [0.717, 1.165) is 10.5 Å². The third-order valence-electron chi connectivity index (χ3n) is 1.88. The fourth-order valence-electron chi connectivity index (χ4n) is 1.20. The maximum atomic E-state index is 10.4. The second-order valence-corrected chi connectivity index (χ2v) is 4.07. The van der Waals surface area contributed by atoms with Crippen LogP contribution in [0.1, 0.15) is 12.0 Å². The van der Waals surface area contributed by atoms with Crippen LogP contribution in [0.15, 0.2) is 23.1 Å². The molecule has 0 amide bonds. The number of carboxylic acids is 1. The van der Waals surface area contributed by atoms with Crippen molar-refractivity contribution in [2.75, 3.05) is 6.26 Å². The normalized spacial score (nSPS) is 10.1. The molecule has 76 valence electrons. The van der Waals surface area contributed by atoms with E-state index in [1.807, 2.05) is 18.4 Å². The van der Waals surface area contributed by atoms with Gasteiger partial charge in [-0.25, -0.2) is 0 Å². The Morgan fingerprint density at radius 3 is 2.86 bits per heavy atom. The van der Waals surface area contributed by atoms with Crippen molar-refractivity contribution in [2.45, 2.75) is 17.7 Å². The Morgan fingerprint density at radius 2 is 2.29 bits per heavy atom. The van der Waals surface area contributed by atoms with Gasteiger partial charge in [0.25, 0.3) is 0 Å². The molecule has 2 nitrogen and oxygen atoms in total. The van der Waals surface area contributed by atoms with E-state index in [4.69, 9.17) is 16.7 Å². The number of carbonyl (C=O) groups is 1. The monoisotopic (exact) mass is 230 g/mol. The van der Waals surface area contributed by atoms with Gasteiger partial charge in [-0.3, -0.25) is 4.79 Å². The molecular weight excluding hydrogens is 220 g/mol. The van der Waals surface area contributed by atoms with Gasteiger partial charge in [0.15, 0.2) is 0 Å². The summed E-state index contributed by atoms with van der Waals surface area (Å²) in [6, 6.07) is 5.62. The van der Waals surface area contributed by atoms with Crippen LogP contribution in [-0.4, -0.2) is 17.3 Å². The Morgan fingerprint density at radius 1 is 1.57 bits per heavy atom. The van der Waals surface area contributed by atoms with Gasteiger partial charge in [-0.1, -0.05) is 17.7 Å². The Labute approximate surface area is 92.3 Å². The minimum atomic E-state index is -0.794. The second kappa shape index (κ2) is 5.27. The van der Waals surface area contributed by atoms with Crippen molar-refractivity contribution in [1.29, 1.82) is 0 Å². The molecule has 0 aliphatic heterocycles. The molecule has 0 heterocycles. The molecular formula is C10H11ClO2S. The van der Waals surface area contributed by atoms with E-state index < -0.39 is 5.97 Å². The number of hydrogen-bond acceptors (Lipinski definition) is 2. The molecule has 0 spiro atoms. The van der Waals surface area contributed by atoms with Crippen LogP contribution >= 0.6 is 23.4 Å². The largest absolute Gasteiger partial charge is 0.481 e. The number of hydrogen-bond donors (Lipinski definition) is 1. The van der Waals surface area contributed by atoms with E-state index in [-0.39, 0.29) is 6.42 Å². The first-order valence-corrected chi connectivity index (χ1v) is 5.78. The van der Waals surface area contributed by atoms with E-state index in [9.17, 15) is 4.79 Å². The molecule has 1 rings (SSSR count). The molecule has 0 aliphatic rings. The summed E-state index contributed by atoms with van der Waals surface area (Å²) >= 11 is 7.57. The maximum absolute atomic E-state index is 10.4. The lowest BCUT2D eigenvalue weighted by molar-refractivity contribution is -0.136. The van der Waals surface area contributed by atoms with Crippen LogP contribution in [0.2, 0.25) is 5.02 Å². The Kier molecular flexibility index (Phi) is 4.29. The van der Waals surface area contributed by atoms with Crippen molar-refractivity contribution < 1.29 is 9.90 Å². The zero-order valence-corrected chi connectivity index (χ0v) is 9.36. The third-order valence-corrected chi connectivity index (χ3v) is 3.06. The van der Waals surface area contributed by atoms with Gasteiger partial charge in [-0.15, -0.1) is 11.8 Å². The zero-order chi connectivity index (χ0) is 10.6. The quantitative estimate of drug-likeness (QED) is 0.808. The number of carboxylic acid groups (broad SMARTS) is 1. The predicted octanol–water partition coefficient (Wildman–Crippen LogP) is 3.08. The van der Waals surface area contributed by atoms with Crippen LogP contribution in [0, 0.1) is 0 Å². The predicted molar refractivity (Wildman–Crippen MR) is 59.2 cm³/mol. The number of benzene rings is 1. The topological polar surface area (TPSA) is 37.3 Å². The zero-order valence-electron chi connectivity index (χ0n) is 7.79. The van der Waals surface area contributed by atoms with Crippen LogP contribution in [0.3, 0.4) is 0 Å². The number of aliphatic carboxylic acids is 1. The van der Waals surface area contributed by atoms with Crippen molar-refractivity contribution >= 4 is 29.3 Å². The molecule has 0 aromatic heterocycles. The molecule has 1 aromatic carbocycles. The summed E-state index contributed by atoms with van der Waals surface area (Å²) in [5.41, 5.74) is 0.934. The van der Waals surface area contributed by atoms with E-state index in [1.54, 1.807) is 17.8 Å². The fourth-order valence-corrected chi connectivity index (χ4v) is 2.20. The van der Waals surface area contributed by atoms with E-state index in [1.165, 1.54) is 0 Å². The van der Waals surface area contributed by atoms with Gasteiger partial charge in [0, 0.05) is 16.3 Å². The first kappa shape index (κ1) is 11.4. The van der Waals surface area contributed by atoms with Gasteiger partial charge in [0.05, 0.1) is 0 Å². The Bertz CT molecular complexity index is 339. The lowest BCUT2D eigenvalue weighted by Crippen LogP contribution is -1.99. The van der Waals surface area contributed by atoms with E-state index in [0.29, 0.717) is 11.4 Å². The summed E-state index contributed by atoms with van der Waals surface area (Å²) in [5, 5.41) is 9.23. The van der Waals surface area contributed by atoms with Gasteiger partial charge < -0.3 is 5.11 Å². The van der Waals surface area contributed by atoms with Gasteiger partial charge in [-0.05, 0) is 30.4 Å². The standard InChI is InChI=1S/C10H11ClO2S/c1-14-9-4-2-3-8(11)7(9)5-6-10(12)13/h2-4H,5-6H2,1H3,(H,12,13). The summed E-state index contributed by atoms with van der Waals surface area (Å²) in [5.74, 6) is -0.794. The molecule has 0 saturated heterocycles. The molecule has 1 N–H and O–H groups in total. The molecule has 0 aliphatic carbocycles. The van der Waals surface area contributed by atoms with Crippen LogP contribution < -0.4 is 0 Å². The third kappa shape index (κ3) is 2.93. The first-order valence-electron chi connectivity index (χ1n) is 4.18. The highest BCUT2D eigenvalue weighted by Crippen LogP contribution is 2.27. The summed E-state index contributed by atoms with van der Waals surface area (Å²) < 4.78 is 0. The lowest BCUT2D eigenvalue weighted by Gasteiger charge is -2.07. The minimum absolute atomic E-state index is 0.122. The van der Waals surface area contributed by atoms with Crippen LogP contribution in [-0.2, 0) is 11.2 Å². The Hall–Kier alpha value is -0.670. The van der Waals surface area contributed by atoms with Crippen LogP contribution in [0.4, 0.5) is 0 Å². The van der Waals surface area contributed by atoms with Gasteiger partial charge >= 0.3 is 5.97 Å². The molecule has 0 radical (unpaired) electrons. The average molecular weight is 231 g/mol. The van der Waals surface area contributed by atoms with Crippen LogP contribution in [0.5, 0.6) is 0 Å². The van der Waals surface area contributed by atoms with Crippen molar-refractivity contribution in [2.24, 2.45) is 0 Å². The number of halogens is 1. The molecule has 0 atom stereocenters. The minimum Gasteiger partial charge on any atom is -0.481 e. The van der Waals surface area contributed by atoms with Crippen molar-refractivity contribution in [3.63, 3.8) is 0 Å². The SMILES string of the molecule is CSc1cccc(Cl)c1CCC(=O)O. The number of rotatable bonds is 4. The van der Waals surface area contributed by atoms with Crippen molar-refractivity contribution in [3.05, 3.63) is 28.8 Å². The second-order valence-electron chi connectivity index (χ2n) is 2.81. The molecule has 1 aromatic rings. The summed E-state index contributed by atoms with van der Waals surface area (Å²) in [4.78, 5) is 11.5. The van der Waals surface area contributed by atoms with Crippen LogP contribution in [0.25, 0.3) is 0 Å². The smallest absolute Gasteiger partial charge is 0.303 e. The highest BCUT2D eigenvalue weighted by atomic mass is 35.5. The molecule has 0 bridgehead atoms. The maximum Gasteiger partial charge on any atom is 0.303 e. The lowest BCUT2D eigenvalue weighted by atomic mass is 10.1. The van der Waals surface area contributed by atoms with E-state index in [2.05, 4.69) is 0 Å². The first-order chi connectivity index (χ1) is 6.65. The van der Waals surface area contributed by atoms with Crippen molar-refractivity contribution in [3.8, 4) is 0 Å². The average Bonchev–Trinajstić information content (AvgIpc) is 2.15. The summed E-state index contributed by atoms with van der Waals surface area (Å²) in [6.45, 7) is 0. The Balaban J connectivity index is 2.87. The van der Waals surface area contributed by atoms with Gasteiger partial charge in [0.1, 0.15) is 0 Å². The van der Waals surface area contributed by atoms with E-state index >= 15 is 0 Å². The summed E-state index contributed by atoms with van der Waals surface area (Å²) in [7, 11) is 0. The van der Waals surface area contributed by atoms with Gasteiger partial charge in [-0.2, -0.15) is 0 Å². The molecule has 0 unspecified atom stereocenters. The molecule has 4 heteroatoms. The molecule has 0 fully saturated rings. The highest BCUT2D eigenvalue weighted by Gasteiger charge is 2.07. The van der Waals surface area contributed by atoms with Gasteiger partial charge in [0.2, 0.25) is 0 Å². The fraction of sp³-hybridized carbons (Fsp3) is 0.300. The molecule has 0 saturated carbocycles.